The van der Waals surface area contributed by atoms with Gasteiger partial charge < -0.3 is 0 Å². The number of pyridine rings is 1. The highest BCUT2D eigenvalue weighted by Crippen LogP contribution is 2.21. The van der Waals surface area contributed by atoms with Gasteiger partial charge >= 0.3 is 0 Å². The highest BCUT2D eigenvalue weighted by atomic mass is 35.5. The Balaban J connectivity index is 2.61. The standard InChI is InChI=1S/C13H16ClN3/c1-4-12-9(2)16-17(10(12)3)13-5-6-15-8-11(13)7-14/h5-6,8H,4,7H2,1-3H3. The summed E-state index contributed by atoms with van der Waals surface area (Å²) in [5.41, 5.74) is 5.60. The summed E-state index contributed by atoms with van der Waals surface area (Å²) in [5, 5.41) is 4.59. The molecule has 0 fully saturated rings. The Morgan fingerprint density at radius 3 is 2.71 bits per heavy atom. The van der Waals surface area contributed by atoms with E-state index in [1.807, 2.05) is 17.7 Å². The zero-order valence-corrected chi connectivity index (χ0v) is 11.1. The van der Waals surface area contributed by atoms with Crippen LogP contribution < -0.4 is 0 Å². The minimum absolute atomic E-state index is 0.447. The smallest absolute Gasteiger partial charge is 0.0723 e. The van der Waals surface area contributed by atoms with Crippen molar-refractivity contribution in [2.45, 2.75) is 33.1 Å². The summed E-state index contributed by atoms with van der Waals surface area (Å²) in [6.07, 6.45) is 4.57. The minimum atomic E-state index is 0.447. The molecule has 0 saturated carbocycles. The number of hydrogen-bond acceptors (Lipinski definition) is 2. The predicted molar refractivity (Wildman–Crippen MR) is 69.8 cm³/mol. The van der Waals surface area contributed by atoms with Gasteiger partial charge in [0.05, 0.1) is 17.3 Å². The summed E-state index contributed by atoms with van der Waals surface area (Å²) in [6, 6.07) is 1.95. The van der Waals surface area contributed by atoms with Gasteiger partial charge in [-0.2, -0.15) is 5.10 Å². The first kappa shape index (κ1) is 12.1. The maximum absolute atomic E-state index is 5.93. The van der Waals surface area contributed by atoms with E-state index >= 15 is 0 Å². The topological polar surface area (TPSA) is 30.7 Å². The molecule has 0 atom stereocenters. The summed E-state index contributed by atoms with van der Waals surface area (Å²) in [4.78, 5) is 4.10. The molecule has 2 rings (SSSR count). The fourth-order valence-corrected chi connectivity index (χ4v) is 2.36. The van der Waals surface area contributed by atoms with Gasteiger partial charge in [-0.15, -0.1) is 11.6 Å². The van der Waals surface area contributed by atoms with Gasteiger partial charge in [-0.3, -0.25) is 4.98 Å². The molecule has 0 aromatic carbocycles. The number of hydrogen-bond donors (Lipinski definition) is 0. The lowest BCUT2D eigenvalue weighted by Gasteiger charge is -2.08. The fraction of sp³-hybridized carbons (Fsp3) is 0.385. The third-order valence-corrected chi connectivity index (χ3v) is 3.33. The van der Waals surface area contributed by atoms with Crippen LogP contribution in [0.1, 0.15) is 29.4 Å². The Morgan fingerprint density at radius 1 is 1.35 bits per heavy atom. The van der Waals surface area contributed by atoms with Crippen LogP contribution in [0.4, 0.5) is 0 Å². The van der Waals surface area contributed by atoms with E-state index in [1.54, 1.807) is 12.4 Å². The Morgan fingerprint density at radius 2 is 2.12 bits per heavy atom. The second-order valence-corrected chi connectivity index (χ2v) is 4.32. The van der Waals surface area contributed by atoms with Crippen molar-refractivity contribution in [3.05, 3.63) is 41.0 Å². The second-order valence-electron chi connectivity index (χ2n) is 4.05. The molecule has 4 heteroatoms. The van der Waals surface area contributed by atoms with Crippen molar-refractivity contribution in [2.24, 2.45) is 0 Å². The third-order valence-electron chi connectivity index (χ3n) is 3.04. The molecule has 2 aromatic rings. The molecule has 0 aliphatic carbocycles. The van der Waals surface area contributed by atoms with E-state index in [2.05, 4.69) is 23.9 Å². The van der Waals surface area contributed by atoms with Crippen LogP contribution in [0.15, 0.2) is 18.5 Å². The largest absolute Gasteiger partial charge is 0.264 e. The lowest BCUT2D eigenvalue weighted by atomic mass is 10.1. The van der Waals surface area contributed by atoms with Crippen molar-refractivity contribution in [2.75, 3.05) is 0 Å². The highest BCUT2D eigenvalue weighted by molar-refractivity contribution is 6.17. The van der Waals surface area contributed by atoms with Crippen LogP contribution in [0.5, 0.6) is 0 Å². The minimum Gasteiger partial charge on any atom is -0.264 e. The summed E-state index contributed by atoms with van der Waals surface area (Å²) in [7, 11) is 0. The van der Waals surface area contributed by atoms with Crippen molar-refractivity contribution in [1.82, 2.24) is 14.8 Å². The zero-order valence-electron chi connectivity index (χ0n) is 10.4. The van der Waals surface area contributed by atoms with Gasteiger partial charge in [-0.25, -0.2) is 4.68 Å². The molecular formula is C13H16ClN3. The molecule has 0 radical (unpaired) electrons. The van der Waals surface area contributed by atoms with Crippen LogP contribution in [-0.2, 0) is 12.3 Å². The van der Waals surface area contributed by atoms with Gasteiger partial charge in [0.25, 0.3) is 0 Å². The molecule has 2 aromatic heterocycles. The SMILES string of the molecule is CCc1c(C)nn(-c2ccncc2CCl)c1C. The zero-order chi connectivity index (χ0) is 12.4. The van der Waals surface area contributed by atoms with Crippen LogP contribution in [0, 0.1) is 13.8 Å². The maximum Gasteiger partial charge on any atom is 0.0723 e. The van der Waals surface area contributed by atoms with E-state index in [0.717, 1.165) is 23.4 Å². The Labute approximate surface area is 106 Å². The van der Waals surface area contributed by atoms with Crippen LogP contribution in [-0.4, -0.2) is 14.8 Å². The summed E-state index contributed by atoms with van der Waals surface area (Å²) in [6.45, 7) is 6.29. The maximum atomic E-state index is 5.93. The van der Waals surface area contributed by atoms with E-state index in [4.69, 9.17) is 11.6 Å². The van der Waals surface area contributed by atoms with Crippen LogP contribution in [0.3, 0.4) is 0 Å². The van der Waals surface area contributed by atoms with Gasteiger partial charge in [0.1, 0.15) is 0 Å². The van der Waals surface area contributed by atoms with Gasteiger partial charge in [0, 0.05) is 23.7 Å². The summed E-state index contributed by atoms with van der Waals surface area (Å²) in [5.74, 6) is 0.447. The molecule has 0 N–H and O–H groups in total. The normalized spacial score (nSPS) is 10.8. The van der Waals surface area contributed by atoms with Crippen molar-refractivity contribution in [3.8, 4) is 5.69 Å². The lowest BCUT2D eigenvalue weighted by Crippen LogP contribution is -2.03. The van der Waals surface area contributed by atoms with Crippen molar-refractivity contribution >= 4 is 11.6 Å². The number of rotatable bonds is 3. The molecule has 0 bridgehead atoms. The first-order chi connectivity index (χ1) is 8.19. The van der Waals surface area contributed by atoms with E-state index in [9.17, 15) is 0 Å². The summed E-state index contributed by atoms with van der Waals surface area (Å²) < 4.78 is 1.97. The predicted octanol–water partition coefficient (Wildman–Crippen LogP) is 3.19. The molecular weight excluding hydrogens is 234 g/mol. The molecule has 0 unspecified atom stereocenters. The Hall–Kier alpha value is -1.35. The molecule has 0 aliphatic heterocycles. The second kappa shape index (κ2) is 4.88. The molecule has 2 heterocycles. The summed E-state index contributed by atoms with van der Waals surface area (Å²) >= 11 is 5.93. The molecule has 0 aliphatic rings. The molecule has 90 valence electrons. The Kier molecular flexibility index (Phi) is 3.48. The average molecular weight is 250 g/mol. The van der Waals surface area contributed by atoms with E-state index in [0.29, 0.717) is 5.88 Å². The van der Waals surface area contributed by atoms with E-state index < -0.39 is 0 Å². The number of alkyl halides is 1. The van der Waals surface area contributed by atoms with E-state index in [-0.39, 0.29) is 0 Å². The van der Waals surface area contributed by atoms with Gasteiger partial charge in [0.15, 0.2) is 0 Å². The first-order valence-corrected chi connectivity index (χ1v) is 6.26. The monoisotopic (exact) mass is 249 g/mol. The van der Waals surface area contributed by atoms with Crippen LogP contribution in [0.25, 0.3) is 5.69 Å². The van der Waals surface area contributed by atoms with Gasteiger partial charge in [-0.1, -0.05) is 6.92 Å². The average Bonchev–Trinajstić information content (AvgIpc) is 2.64. The molecule has 0 saturated heterocycles. The molecule has 3 nitrogen and oxygen atoms in total. The number of aromatic nitrogens is 3. The molecule has 0 amide bonds. The molecule has 0 spiro atoms. The number of aryl methyl sites for hydroxylation is 1. The number of halogens is 1. The van der Waals surface area contributed by atoms with E-state index in [1.165, 1.54) is 11.3 Å². The quantitative estimate of drug-likeness (QED) is 0.783. The number of nitrogens with zero attached hydrogens (tertiary/aromatic N) is 3. The highest BCUT2D eigenvalue weighted by Gasteiger charge is 2.13. The van der Waals surface area contributed by atoms with Crippen molar-refractivity contribution in [3.63, 3.8) is 0 Å². The van der Waals surface area contributed by atoms with Gasteiger partial charge in [-0.05, 0) is 31.9 Å². The lowest BCUT2D eigenvalue weighted by molar-refractivity contribution is 0.822. The first-order valence-electron chi connectivity index (χ1n) is 5.73. The third kappa shape index (κ3) is 2.07. The van der Waals surface area contributed by atoms with Gasteiger partial charge in [0.2, 0.25) is 0 Å². The Bertz CT molecular complexity index is 531. The fourth-order valence-electron chi connectivity index (χ4n) is 2.15. The van der Waals surface area contributed by atoms with Crippen molar-refractivity contribution < 1.29 is 0 Å². The molecule has 17 heavy (non-hydrogen) atoms. The van der Waals surface area contributed by atoms with Crippen molar-refractivity contribution in [1.29, 1.82) is 0 Å². The van der Waals surface area contributed by atoms with Crippen LogP contribution >= 0.6 is 11.6 Å². The van der Waals surface area contributed by atoms with Crippen LogP contribution in [0.2, 0.25) is 0 Å².